The van der Waals surface area contributed by atoms with Gasteiger partial charge < -0.3 is 85.6 Å². The summed E-state index contributed by atoms with van der Waals surface area (Å²) in [6, 6.07) is 84.1. The molecule has 25 nitrogen and oxygen atoms in total. The third-order valence-electron chi connectivity index (χ3n) is 23.7. The Morgan fingerprint density at radius 1 is 0.434 bits per heavy atom. The number of aromatic hydroxyl groups is 2. The first-order valence-electron chi connectivity index (χ1n) is 43.5. The summed E-state index contributed by atoms with van der Waals surface area (Å²) in [6.07, 6.45) is 2.43. The van der Waals surface area contributed by atoms with E-state index < -0.39 is 35.3 Å². The Labute approximate surface area is 747 Å². The number of aromatic nitrogens is 2. The number of nitrogens with one attached hydrogen (secondary N) is 6. The Morgan fingerprint density at radius 3 is 1.33 bits per heavy atom. The second-order valence-corrected chi connectivity index (χ2v) is 32.7. The number of esters is 2. The number of benzene rings is 11. The average Bonchev–Trinajstić information content (AvgIpc) is 0.770. The molecule has 666 valence electrons. The van der Waals surface area contributed by atoms with Crippen LogP contribution in [0.3, 0.4) is 0 Å². The molecular formula is C104H108N8O17. The third-order valence-corrected chi connectivity index (χ3v) is 23.7. The lowest BCUT2D eigenvalue weighted by atomic mass is 9.86. The molecule has 4 atom stereocenters. The Kier molecular flexibility index (Phi) is 31.4. The molecule has 2 saturated heterocycles. The normalized spacial score (nSPS) is 14.6. The second-order valence-electron chi connectivity index (χ2n) is 32.7. The van der Waals surface area contributed by atoms with Gasteiger partial charge in [0.25, 0.3) is 11.8 Å². The Balaban J connectivity index is 0.000000210. The summed E-state index contributed by atoms with van der Waals surface area (Å²) < 4.78 is 29.7. The number of ether oxygens (including phenoxy) is 5. The first-order chi connectivity index (χ1) is 62.7. The summed E-state index contributed by atoms with van der Waals surface area (Å²) in [5.41, 5.74) is 5.22. The number of amides is 2. The quantitative estimate of drug-likeness (QED) is 0.0127. The van der Waals surface area contributed by atoms with Crippen molar-refractivity contribution >= 4 is 45.6 Å². The minimum absolute atomic E-state index is 0.0658. The number of hydrogen-bond donors (Lipinski definition) is 12. The monoisotopic (exact) mass is 1740 g/mol. The lowest BCUT2D eigenvalue weighted by molar-refractivity contribution is -0.164. The second kappa shape index (κ2) is 44.2. The van der Waals surface area contributed by atoms with Crippen LogP contribution in [0.25, 0.3) is 21.8 Å². The van der Waals surface area contributed by atoms with Gasteiger partial charge in [0.1, 0.15) is 42.0 Å². The maximum Gasteiger partial charge on any atom is 0.347 e. The van der Waals surface area contributed by atoms with Gasteiger partial charge in [-0.2, -0.15) is 0 Å². The lowest BCUT2D eigenvalue weighted by Gasteiger charge is -2.33. The fourth-order valence-electron chi connectivity index (χ4n) is 16.3. The number of H-pyrrole nitrogens is 2. The van der Waals surface area contributed by atoms with Gasteiger partial charge >= 0.3 is 11.9 Å². The van der Waals surface area contributed by atoms with E-state index >= 15 is 0 Å². The molecule has 2 amide bonds. The molecule has 2 aromatic heterocycles. The van der Waals surface area contributed by atoms with Crippen LogP contribution in [0.2, 0.25) is 0 Å². The van der Waals surface area contributed by atoms with Crippen molar-refractivity contribution in [3.63, 3.8) is 0 Å². The molecular weight excluding hydrogens is 1630 g/mol. The predicted molar refractivity (Wildman–Crippen MR) is 492 cm³/mol. The van der Waals surface area contributed by atoms with Gasteiger partial charge in [0.05, 0.1) is 43.6 Å². The van der Waals surface area contributed by atoms with Crippen LogP contribution in [0.1, 0.15) is 132 Å². The molecule has 0 unspecified atom stereocenters. The fraction of sp³-hybridized carbons (Fsp3) is 0.269. The molecule has 0 saturated carbocycles. The zero-order chi connectivity index (χ0) is 90.1. The van der Waals surface area contributed by atoms with Gasteiger partial charge in [0.15, 0.2) is 0 Å². The van der Waals surface area contributed by atoms with E-state index in [0.717, 1.165) is 87.2 Å². The summed E-state index contributed by atoms with van der Waals surface area (Å²) in [7, 11) is 1.53. The SMILES string of the molecule is COc1cc(C(=O)NCc2ccc(COc3cccc([C@](O)(C(=O)OCC4CCN(Cc5ccccc5)CC4)c4ccccc4)c3)cc2)ccc1CNC[C@H](O)c1ccc(O)c2[nH]c(=O)ccc12.O=C(NCCCNC[C@H](O)c1ccc(O)c2[nH]c(=O)ccc12)c1ccc(COc2cccc([C@](O)(C(=O)OCC3CCN(Cc4ccccc4)CC3)c3ccccc3)c2)cc1. The van der Waals surface area contributed by atoms with E-state index in [0.29, 0.717) is 98.6 Å². The number of fused-ring (bicyclic) bond motifs is 2. The molecule has 25 heteroatoms. The number of hydrogen-bond acceptors (Lipinski definition) is 21. The van der Waals surface area contributed by atoms with Crippen LogP contribution >= 0.6 is 0 Å². The molecule has 0 aliphatic carbocycles. The highest BCUT2D eigenvalue weighted by Gasteiger charge is 2.44. The van der Waals surface area contributed by atoms with E-state index in [1.807, 2.05) is 60.7 Å². The van der Waals surface area contributed by atoms with Gasteiger partial charge in [0.2, 0.25) is 22.3 Å². The summed E-state index contributed by atoms with van der Waals surface area (Å²) in [5.74, 6) is -0.248. The van der Waals surface area contributed by atoms with Crippen LogP contribution in [0, 0.1) is 11.8 Å². The van der Waals surface area contributed by atoms with E-state index in [1.165, 1.54) is 42.5 Å². The lowest BCUT2D eigenvalue weighted by Crippen LogP contribution is -2.40. The van der Waals surface area contributed by atoms with Crippen LogP contribution in [0.15, 0.2) is 295 Å². The number of carbonyl (C=O) groups excluding carboxylic acids is 4. The van der Waals surface area contributed by atoms with Crippen molar-refractivity contribution in [2.24, 2.45) is 11.8 Å². The van der Waals surface area contributed by atoms with E-state index in [2.05, 4.69) is 89.6 Å². The molecule has 2 aliphatic heterocycles. The van der Waals surface area contributed by atoms with E-state index in [9.17, 15) is 59.4 Å². The zero-order valence-electron chi connectivity index (χ0n) is 71.9. The van der Waals surface area contributed by atoms with Crippen molar-refractivity contribution in [1.82, 2.24) is 41.0 Å². The molecule has 11 aromatic carbocycles. The van der Waals surface area contributed by atoms with Crippen molar-refractivity contribution in [2.45, 2.75) is 94.9 Å². The molecule has 0 bridgehead atoms. The maximum absolute atomic E-state index is 13.9. The number of piperidine rings is 2. The molecule has 13 aromatic rings. The Morgan fingerprint density at radius 2 is 0.860 bits per heavy atom. The average molecular weight is 1740 g/mol. The van der Waals surface area contributed by atoms with Gasteiger partial charge in [-0.05, 0) is 200 Å². The Hall–Kier alpha value is -13.6. The fourth-order valence-corrected chi connectivity index (χ4v) is 16.3. The number of phenolic OH excluding ortho intramolecular Hbond substituents is 2. The maximum atomic E-state index is 13.9. The number of rotatable bonds is 37. The molecule has 12 N–H and O–H groups in total. The van der Waals surface area contributed by atoms with E-state index in [4.69, 9.17) is 23.7 Å². The number of likely N-dealkylation sites (tertiary alicyclic amines) is 2. The Bertz CT molecular complexity index is 6040. The first-order valence-corrected chi connectivity index (χ1v) is 43.5. The molecule has 2 aliphatic rings. The summed E-state index contributed by atoms with van der Waals surface area (Å²) in [4.78, 5) is 87.3. The van der Waals surface area contributed by atoms with Crippen molar-refractivity contribution in [3.05, 3.63) is 384 Å². The van der Waals surface area contributed by atoms with Gasteiger partial charge in [-0.15, -0.1) is 0 Å². The summed E-state index contributed by atoms with van der Waals surface area (Å²) >= 11 is 0. The highest BCUT2D eigenvalue weighted by Crippen LogP contribution is 2.38. The minimum Gasteiger partial charge on any atom is -0.506 e. The summed E-state index contributed by atoms with van der Waals surface area (Å²) in [5, 5.41) is 79.8. The molecule has 2 fully saturated rings. The summed E-state index contributed by atoms with van der Waals surface area (Å²) in [6.45, 7) is 8.34. The smallest absolute Gasteiger partial charge is 0.347 e. The van der Waals surface area contributed by atoms with Crippen LogP contribution in [0.5, 0.6) is 28.7 Å². The molecule has 15 rings (SSSR count). The predicted octanol–water partition coefficient (Wildman–Crippen LogP) is 13.2. The minimum atomic E-state index is -2.05. The van der Waals surface area contributed by atoms with Crippen LogP contribution < -0.4 is 46.6 Å². The van der Waals surface area contributed by atoms with Gasteiger partial charge in [-0.25, -0.2) is 9.59 Å². The van der Waals surface area contributed by atoms with E-state index in [1.54, 1.807) is 152 Å². The highest BCUT2D eigenvalue weighted by atomic mass is 16.6. The van der Waals surface area contributed by atoms with Gasteiger partial charge in [-0.3, -0.25) is 29.0 Å². The van der Waals surface area contributed by atoms with Crippen molar-refractivity contribution in [3.8, 4) is 28.7 Å². The van der Waals surface area contributed by atoms with Crippen molar-refractivity contribution < 1.29 is 73.5 Å². The number of phenols is 2. The molecule has 129 heavy (non-hydrogen) atoms. The third kappa shape index (κ3) is 24.0. The number of aromatic amines is 2. The zero-order valence-corrected chi connectivity index (χ0v) is 71.9. The standard InChI is InChI=1S/C55H56N4O9.C49H52N4O8/c1-66-50-29-41(19-20-42(50)32-56-33-49(61)46-21-23-48(60)52-47(46)22-24-51(62)58-52)53(63)57-31-37-15-17-39(18-16-37)35-67-45-14-8-13-44(30-45)55(65,43-11-6-3-7-12-43)54(64)68-36-40-25-27-59(28-26-40)34-38-9-4-2-5-10-38;54-43-21-19-41(42-20-22-45(56)52-46(42)43)44(55)30-50-25-8-26-51-47(57)37-17-15-35(16-18-37)32-60-40-14-7-13-39(29-40)49(59,38-11-5-2-6-12-38)48(58)61-33-36-23-27-53(28-24-36)31-34-9-3-1-4-10-34/h2-24,29-30,40,49,56,60-61,65H,25-28,31-36H2,1H3,(H,57,63)(H,58,62);1-7,9-22,29,36,44,50,54-55,59H,8,23-28,30-33H2,(H,51,57)(H,52,56)/t49-,55-;44-,49-/m00/s1. The van der Waals surface area contributed by atoms with Gasteiger partial charge in [0, 0.05) is 96.5 Å². The van der Waals surface area contributed by atoms with Crippen molar-refractivity contribution in [1.29, 1.82) is 0 Å². The largest absolute Gasteiger partial charge is 0.506 e. The van der Waals surface area contributed by atoms with Gasteiger partial charge in [-0.1, -0.05) is 200 Å². The van der Waals surface area contributed by atoms with Crippen LogP contribution in [-0.2, 0) is 69.7 Å². The van der Waals surface area contributed by atoms with E-state index in [-0.39, 0.29) is 103 Å². The number of methoxy groups -OCH3 is 1. The topological polar surface area (TPSA) is 356 Å². The molecule has 0 spiro atoms. The molecule has 0 radical (unpaired) electrons. The first kappa shape index (κ1) is 91.6. The number of carbonyl (C=O) groups is 4. The van der Waals surface area contributed by atoms with Crippen molar-refractivity contribution in [2.75, 3.05) is 72.7 Å². The van der Waals surface area contributed by atoms with Crippen LogP contribution in [0.4, 0.5) is 0 Å². The number of nitrogens with zero attached hydrogens (tertiary/aromatic N) is 2. The molecule has 4 heterocycles. The number of aliphatic hydroxyl groups excluding tert-OH is 2. The number of aliphatic hydroxyl groups is 4. The number of pyridine rings is 2. The van der Waals surface area contributed by atoms with Crippen LogP contribution in [-0.4, -0.2) is 147 Å². The highest BCUT2D eigenvalue weighted by molar-refractivity contribution is 5.95.